The number of nitrogens with zero attached hydrogens (tertiary/aromatic N) is 4. The van der Waals surface area contributed by atoms with Crippen LogP contribution in [0.1, 0.15) is 24.8 Å². The van der Waals surface area contributed by atoms with Crippen LogP contribution in [0.3, 0.4) is 0 Å². The minimum Gasteiger partial charge on any atom is -0.299 e. The van der Waals surface area contributed by atoms with Crippen LogP contribution in [-0.4, -0.2) is 38.2 Å². The first-order valence-corrected chi connectivity index (χ1v) is 7.85. The molecule has 22 heavy (non-hydrogen) atoms. The first-order valence-electron chi connectivity index (χ1n) is 7.85. The first-order chi connectivity index (χ1) is 10.9. The van der Waals surface area contributed by atoms with Crippen molar-refractivity contribution in [1.29, 1.82) is 0 Å². The highest BCUT2D eigenvalue weighted by Crippen LogP contribution is 2.21. The Hall–Kier alpha value is -2.27. The van der Waals surface area contributed by atoms with Crippen LogP contribution < -0.4 is 0 Å². The van der Waals surface area contributed by atoms with Gasteiger partial charge in [0.1, 0.15) is 5.52 Å². The summed E-state index contributed by atoms with van der Waals surface area (Å²) in [4.78, 5) is 11.6. The molecule has 0 aromatic carbocycles. The molecule has 0 amide bonds. The van der Waals surface area contributed by atoms with Crippen molar-refractivity contribution in [1.82, 2.24) is 25.1 Å². The van der Waals surface area contributed by atoms with Crippen LogP contribution in [0.15, 0.2) is 36.8 Å². The lowest BCUT2D eigenvalue weighted by Gasteiger charge is -2.26. The van der Waals surface area contributed by atoms with Crippen LogP contribution in [0.2, 0.25) is 0 Å². The number of H-pyrrole nitrogens is 1. The topological polar surface area (TPSA) is 57.7 Å². The summed E-state index contributed by atoms with van der Waals surface area (Å²) in [5.74, 6) is 0. The molecule has 1 aliphatic rings. The lowest BCUT2D eigenvalue weighted by Crippen LogP contribution is -2.29. The van der Waals surface area contributed by atoms with Gasteiger partial charge in [0.15, 0.2) is 0 Å². The maximum atomic E-state index is 4.65. The summed E-state index contributed by atoms with van der Waals surface area (Å²) in [6, 6.07) is 6.24. The van der Waals surface area contributed by atoms with Crippen molar-refractivity contribution < 1.29 is 0 Å². The van der Waals surface area contributed by atoms with Gasteiger partial charge in [-0.1, -0.05) is 6.42 Å². The summed E-state index contributed by atoms with van der Waals surface area (Å²) >= 11 is 0. The van der Waals surface area contributed by atoms with Crippen LogP contribution in [0.5, 0.6) is 0 Å². The number of fused-ring (bicyclic) bond motifs is 1. The minimum atomic E-state index is 0.888. The van der Waals surface area contributed by atoms with Crippen LogP contribution in [-0.2, 0) is 6.54 Å². The number of likely N-dealkylation sites (tertiary alicyclic amines) is 1. The van der Waals surface area contributed by atoms with E-state index in [4.69, 9.17) is 0 Å². The summed E-state index contributed by atoms with van der Waals surface area (Å²) < 4.78 is 0. The number of hydrogen-bond acceptors (Lipinski definition) is 4. The molecule has 3 aromatic rings. The predicted molar refractivity (Wildman–Crippen MR) is 86.2 cm³/mol. The molecule has 1 saturated heterocycles. The van der Waals surface area contributed by atoms with Crippen molar-refractivity contribution in [2.45, 2.75) is 25.8 Å². The molecule has 0 atom stereocenters. The SMILES string of the molecule is c1ncc(-c2ccc3[nH]ncc3n2)cc1CN1CCCCC1. The fourth-order valence-corrected chi connectivity index (χ4v) is 3.08. The molecule has 5 nitrogen and oxygen atoms in total. The highest BCUT2D eigenvalue weighted by Gasteiger charge is 2.11. The largest absolute Gasteiger partial charge is 0.299 e. The molecule has 0 spiro atoms. The molecule has 112 valence electrons. The van der Waals surface area contributed by atoms with E-state index in [1.165, 1.54) is 37.9 Å². The summed E-state index contributed by atoms with van der Waals surface area (Å²) in [6.07, 6.45) is 9.59. The Labute approximate surface area is 129 Å². The molecule has 0 bridgehead atoms. The zero-order valence-electron chi connectivity index (χ0n) is 12.5. The zero-order valence-corrected chi connectivity index (χ0v) is 12.5. The van der Waals surface area contributed by atoms with Gasteiger partial charge >= 0.3 is 0 Å². The second-order valence-corrected chi connectivity index (χ2v) is 5.92. The highest BCUT2D eigenvalue weighted by molar-refractivity contribution is 5.77. The van der Waals surface area contributed by atoms with E-state index >= 15 is 0 Å². The second-order valence-electron chi connectivity index (χ2n) is 5.92. The lowest BCUT2D eigenvalue weighted by atomic mass is 10.1. The Balaban J connectivity index is 1.60. The van der Waals surface area contributed by atoms with Crippen molar-refractivity contribution in [2.75, 3.05) is 13.1 Å². The zero-order chi connectivity index (χ0) is 14.8. The van der Waals surface area contributed by atoms with Gasteiger partial charge in [0, 0.05) is 24.5 Å². The second kappa shape index (κ2) is 5.85. The van der Waals surface area contributed by atoms with Crippen LogP contribution in [0, 0.1) is 0 Å². The Morgan fingerprint density at radius 3 is 2.86 bits per heavy atom. The maximum Gasteiger partial charge on any atom is 0.109 e. The molecule has 0 radical (unpaired) electrons. The van der Waals surface area contributed by atoms with Crippen molar-refractivity contribution in [2.24, 2.45) is 0 Å². The highest BCUT2D eigenvalue weighted by atomic mass is 15.1. The predicted octanol–water partition coefficient (Wildman–Crippen LogP) is 3.01. The fourth-order valence-electron chi connectivity index (χ4n) is 3.08. The third kappa shape index (κ3) is 2.72. The third-order valence-electron chi connectivity index (χ3n) is 4.24. The first kappa shape index (κ1) is 13.4. The number of piperidine rings is 1. The van der Waals surface area contributed by atoms with E-state index in [-0.39, 0.29) is 0 Å². The van der Waals surface area contributed by atoms with Crippen molar-refractivity contribution in [3.8, 4) is 11.3 Å². The number of hydrogen-bond donors (Lipinski definition) is 1. The van der Waals surface area contributed by atoms with Gasteiger partial charge in [-0.3, -0.25) is 15.0 Å². The molecule has 0 unspecified atom stereocenters. The normalized spacial score (nSPS) is 16.2. The number of aromatic nitrogens is 4. The fraction of sp³-hybridized carbons (Fsp3) is 0.353. The van der Waals surface area contributed by atoms with Crippen LogP contribution in [0.4, 0.5) is 0 Å². The molecule has 1 N–H and O–H groups in total. The van der Waals surface area contributed by atoms with E-state index in [9.17, 15) is 0 Å². The van der Waals surface area contributed by atoms with Crippen molar-refractivity contribution in [3.05, 3.63) is 42.4 Å². The van der Waals surface area contributed by atoms with Gasteiger partial charge in [-0.05, 0) is 49.7 Å². The molecule has 5 heteroatoms. The van der Waals surface area contributed by atoms with Crippen LogP contribution in [0.25, 0.3) is 22.3 Å². The van der Waals surface area contributed by atoms with Gasteiger partial charge in [-0.25, -0.2) is 4.98 Å². The molecule has 0 aliphatic carbocycles. The van der Waals surface area contributed by atoms with E-state index < -0.39 is 0 Å². The Kier molecular flexibility index (Phi) is 3.56. The van der Waals surface area contributed by atoms with Gasteiger partial charge in [-0.2, -0.15) is 5.10 Å². The maximum absolute atomic E-state index is 4.65. The van der Waals surface area contributed by atoms with E-state index in [1.807, 2.05) is 24.5 Å². The molecular formula is C17H19N5. The summed E-state index contributed by atoms with van der Waals surface area (Å²) in [7, 11) is 0. The standard InChI is InChI=1S/C17H19N5/c1-2-6-22(7-3-1)12-13-8-14(10-18-9-13)15-4-5-16-17(20-15)11-19-21-16/h4-5,8-11H,1-3,6-7,12H2,(H,19,21). The summed E-state index contributed by atoms with van der Waals surface area (Å²) in [6.45, 7) is 3.38. The molecule has 1 fully saturated rings. The monoisotopic (exact) mass is 293 g/mol. The number of nitrogens with one attached hydrogen (secondary N) is 1. The lowest BCUT2D eigenvalue weighted by molar-refractivity contribution is 0.220. The van der Waals surface area contributed by atoms with E-state index in [2.05, 4.69) is 31.1 Å². The van der Waals surface area contributed by atoms with Crippen molar-refractivity contribution in [3.63, 3.8) is 0 Å². The molecule has 1 aliphatic heterocycles. The smallest absolute Gasteiger partial charge is 0.109 e. The minimum absolute atomic E-state index is 0.888. The third-order valence-corrected chi connectivity index (χ3v) is 4.24. The van der Waals surface area contributed by atoms with E-state index in [1.54, 1.807) is 6.20 Å². The molecule has 0 saturated carbocycles. The Bertz CT molecular complexity index is 773. The van der Waals surface area contributed by atoms with E-state index in [0.717, 1.165) is 28.8 Å². The Morgan fingerprint density at radius 2 is 1.95 bits per heavy atom. The van der Waals surface area contributed by atoms with Crippen molar-refractivity contribution >= 4 is 11.0 Å². The Morgan fingerprint density at radius 1 is 1.05 bits per heavy atom. The van der Waals surface area contributed by atoms with E-state index in [0.29, 0.717) is 0 Å². The number of aromatic amines is 1. The molecule has 3 aromatic heterocycles. The average molecular weight is 293 g/mol. The van der Waals surface area contributed by atoms with Gasteiger partial charge in [0.2, 0.25) is 0 Å². The molecular weight excluding hydrogens is 274 g/mol. The van der Waals surface area contributed by atoms with Gasteiger partial charge < -0.3 is 0 Å². The molecule has 4 heterocycles. The van der Waals surface area contributed by atoms with Gasteiger partial charge in [0.05, 0.1) is 17.4 Å². The van der Waals surface area contributed by atoms with Gasteiger partial charge in [-0.15, -0.1) is 0 Å². The number of rotatable bonds is 3. The average Bonchev–Trinajstić information content (AvgIpc) is 3.04. The summed E-state index contributed by atoms with van der Waals surface area (Å²) in [5, 5.41) is 6.95. The molecule has 4 rings (SSSR count). The van der Waals surface area contributed by atoms with Crippen LogP contribution >= 0.6 is 0 Å². The number of pyridine rings is 2. The summed E-state index contributed by atoms with van der Waals surface area (Å²) in [5.41, 5.74) is 5.12. The van der Waals surface area contributed by atoms with Gasteiger partial charge in [0.25, 0.3) is 0 Å². The quantitative estimate of drug-likeness (QED) is 0.806.